The predicted octanol–water partition coefficient (Wildman–Crippen LogP) is 4.18. The Morgan fingerprint density at radius 2 is 1.70 bits per heavy atom. The highest BCUT2D eigenvalue weighted by molar-refractivity contribution is 5.54. The van der Waals surface area contributed by atoms with Gasteiger partial charge in [0.2, 0.25) is 5.79 Å². The zero-order chi connectivity index (χ0) is 18.5. The summed E-state index contributed by atoms with van der Waals surface area (Å²) in [6.45, 7) is 3.42. The van der Waals surface area contributed by atoms with Crippen LogP contribution in [0.3, 0.4) is 0 Å². The molecule has 0 radical (unpaired) electrons. The number of rotatable bonds is 2. The second-order valence-electron chi connectivity index (χ2n) is 8.56. The molecule has 27 heavy (non-hydrogen) atoms. The second-order valence-corrected chi connectivity index (χ2v) is 8.56. The van der Waals surface area contributed by atoms with Gasteiger partial charge in [0.1, 0.15) is 5.75 Å². The molecule has 4 nitrogen and oxygen atoms in total. The molecular weight excluding hydrogens is 350 g/mol. The topological polar surface area (TPSA) is 24.9 Å². The van der Waals surface area contributed by atoms with Gasteiger partial charge in [-0.3, -0.25) is 4.90 Å². The maximum absolute atomic E-state index is 13.4. The molecule has 5 rings (SSSR count). The minimum Gasteiger partial charge on any atom is -0.462 e. The van der Waals surface area contributed by atoms with Crippen LogP contribution in [-0.4, -0.2) is 48.8 Å². The minimum atomic E-state index is -2.52. The van der Waals surface area contributed by atoms with Crippen LogP contribution < -0.4 is 9.64 Å². The number of nitrogens with zero attached hydrogens (tertiary/aromatic N) is 2. The van der Waals surface area contributed by atoms with Crippen LogP contribution in [0.4, 0.5) is 14.5 Å². The van der Waals surface area contributed by atoms with Crippen molar-refractivity contribution in [3.05, 3.63) is 23.8 Å². The number of likely N-dealkylation sites (tertiary alicyclic amines) is 1. The van der Waals surface area contributed by atoms with Gasteiger partial charge in [-0.15, -0.1) is 0 Å². The van der Waals surface area contributed by atoms with E-state index in [2.05, 4.69) is 11.0 Å². The highest BCUT2D eigenvalue weighted by Crippen LogP contribution is 2.41. The Balaban J connectivity index is 1.24. The third-order valence-corrected chi connectivity index (χ3v) is 6.84. The van der Waals surface area contributed by atoms with Crippen LogP contribution in [0.5, 0.6) is 5.75 Å². The molecular formula is C21H28F2N2O2. The van der Waals surface area contributed by atoms with E-state index in [1.54, 1.807) is 0 Å². The lowest BCUT2D eigenvalue weighted by Gasteiger charge is -2.47. The van der Waals surface area contributed by atoms with Gasteiger partial charge >= 0.3 is 0 Å². The number of benzene rings is 1. The molecule has 0 amide bonds. The van der Waals surface area contributed by atoms with E-state index >= 15 is 0 Å². The Morgan fingerprint density at radius 3 is 2.37 bits per heavy atom. The largest absolute Gasteiger partial charge is 0.462 e. The molecule has 0 bridgehead atoms. The molecule has 148 valence electrons. The molecule has 1 aliphatic carbocycles. The predicted molar refractivity (Wildman–Crippen MR) is 99.4 cm³/mol. The molecule has 1 aromatic carbocycles. The Morgan fingerprint density at radius 1 is 0.963 bits per heavy atom. The van der Waals surface area contributed by atoms with Gasteiger partial charge in [0.15, 0.2) is 0 Å². The van der Waals surface area contributed by atoms with Crippen molar-refractivity contribution < 1.29 is 18.3 Å². The molecule has 1 spiro atoms. The molecule has 0 N–H and O–H groups in total. The molecule has 3 fully saturated rings. The van der Waals surface area contributed by atoms with Crippen molar-refractivity contribution in [1.82, 2.24) is 4.90 Å². The van der Waals surface area contributed by atoms with Gasteiger partial charge in [0, 0.05) is 69.2 Å². The van der Waals surface area contributed by atoms with E-state index in [4.69, 9.17) is 9.47 Å². The fourth-order valence-corrected chi connectivity index (χ4v) is 4.73. The van der Waals surface area contributed by atoms with Gasteiger partial charge in [-0.2, -0.15) is 0 Å². The highest BCUT2D eigenvalue weighted by Gasteiger charge is 2.43. The van der Waals surface area contributed by atoms with Crippen LogP contribution in [0, 0.1) is 0 Å². The van der Waals surface area contributed by atoms with Crippen molar-refractivity contribution in [1.29, 1.82) is 0 Å². The van der Waals surface area contributed by atoms with Gasteiger partial charge < -0.3 is 14.4 Å². The van der Waals surface area contributed by atoms with Crippen molar-refractivity contribution in [3.8, 4) is 5.75 Å². The minimum absolute atomic E-state index is 0.0717. The van der Waals surface area contributed by atoms with Gasteiger partial charge in [0.25, 0.3) is 5.92 Å². The number of ether oxygens (including phenoxy) is 2. The van der Waals surface area contributed by atoms with Crippen LogP contribution in [0.15, 0.2) is 18.2 Å². The average Bonchev–Trinajstić information content (AvgIpc) is 2.62. The van der Waals surface area contributed by atoms with Crippen molar-refractivity contribution in [2.75, 3.05) is 31.1 Å². The van der Waals surface area contributed by atoms with E-state index < -0.39 is 11.7 Å². The zero-order valence-corrected chi connectivity index (χ0v) is 15.8. The van der Waals surface area contributed by atoms with E-state index in [9.17, 15) is 8.78 Å². The van der Waals surface area contributed by atoms with Crippen LogP contribution in [-0.2, 0) is 11.3 Å². The first-order chi connectivity index (χ1) is 13.0. The average molecular weight is 378 g/mol. The number of hydrogen-bond donors (Lipinski definition) is 0. The van der Waals surface area contributed by atoms with E-state index in [1.807, 2.05) is 17.0 Å². The van der Waals surface area contributed by atoms with Crippen LogP contribution in [0.25, 0.3) is 0 Å². The van der Waals surface area contributed by atoms with Crippen molar-refractivity contribution in [3.63, 3.8) is 0 Å². The molecule has 1 aromatic rings. The van der Waals surface area contributed by atoms with Crippen molar-refractivity contribution >= 4 is 5.69 Å². The monoisotopic (exact) mass is 378 g/mol. The summed E-state index contributed by atoms with van der Waals surface area (Å²) in [5.41, 5.74) is 2.02. The van der Waals surface area contributed by atoms with Crippen molar-refractivity contribution in [2.24, 2.45) is 0 Å². The molecule has 6 heteroatoms. The zero-order valence-electron chi connectivity index (χ0n) is 15.8. The summed E-state index contributed by atoms with van der Waals surface area (Å²) in [5, 5.41) is 0. The van der Waals surface area contributed by atoms with Crippen LogP contribution in [0.1, 0.15) is 50.5 Å². The quantitative estimate of drug-likeness (QED) is 0.771. The van der Waals surface area contributed by atoms with Gasteiger partial charge in [-0.05, 0) is 31.0 Å². The molecule has 1 saturated carbocycles. The van der Waals surface area contributed by atoms with Gasteiger partial charge in [0.05, 0.1) is 6.61 Å². The summed E-state index contributed by atoms with van der Waals surface area (Å²) in [4.78, 5) is 4.63. The first-order valence-corrected chi connectivity index (χ1v) is 10.3. The van der Waals surface area contributed by atoms with Crippen molar-refractivity contribution in [2.45, 2.75) is 69.3 Å². The number of piperidine rings is 2. The molecule has 0 unspecified atom stereocenters. The van der Waals surface area contributed by atoms with Gasteiger partial charge in [-0.25, -0.2) is 8.78 Å². The van der Waals surface area contributed by atoms with E-state index in [1.165, 1.54) is 19.3 Å². The number of halogens is 2. The lowest BCUT2D eigenvalue weighted by Crippen LogP contribution is -2.54. The Bertz CT molecular complexity index is 689. The molecule has 4 aliphatic rings. The van der Waals surface area contributed by atoms with E-state index in [-0.39, 0.29) is 12.8 Å². The first-order valence-electron chi connectivity index (χ1n) is 10.3. The summed E-state index contributed by atoms with van der Waals surface area (Å²) in [5.74, 6) is -2.11. The summed E-state index contributed by atoms with van der Waals surface area (Å²) in [6.07, 6.45) is 5.71. The molecule has 2 saturated heterocycles. The number of alkyl halides is 2. The molecule has 0 aromatic heterocycles. The summed E-state index contributed by atoms with van der Waals surface area (Å²) < 4.78 is 39.3. The summed E-state index contributed by atoms with van der Waals surface area (Å²) in [7, 11) is 0. The third kappa shape index (κ3) is 3.42. The molecule has 0 atom stereocenters. The Kier molecular flexibility index (Phi) is 4.32. The fourth-order valence-electron chi connectivity index (χ4n) is 4.73. The number of fused-ring (bicyclic) bond motifs is 1. The maximum atomic E-state index is 13.4. The summed E-state index contributed by atoms with van der Waals surface area (Å²) >= 11 is 0. The highest BCUT2D eigenvalue weighted by atomic mass is 19.3. The van der Waals surface area contributed by atoms with Crippen LogP contribution in [0.2, 0.25) is 0 Å². The fraction of sp³-hybridized carbons (Fsp3) is 0.714. The van der Waals surface area contributed by atoms with E-state index in [0.29, 0.717) is 19.7 Å². The SMILES string of the molecule is FC1(F)CCN(c2ccc3c(c2)COC2(CCN(C4CCC4)CC2)O3)CC1. The molecule has 3 aliphatic heterocycles. The maximum Gasteiger partial charge on any atom is 0.251 e. The van der Waals surface area contributed by atoms with Gasteiger partial charge in [-0.1, -0.05) is 6.42 Å². The Labute approximate surface area is 159 Å². The first kappa shape index (κ1) is 17.7. The third-order valence-electron chi connectivity index (χ3n) is 6.84. The molecule has 3 heterocycles. The normalized spacial score (nSPS) is 27.7. The second kappa shape index (κ2) is 6.59. The lowest BCUT2D eigenvalue weighted by molar-refractivity contribution is -0.231. The van der Waals surface area contributed by atoms with Crippen LogP contribution >= 0.6 is 0 Å². The summed E-state index contributed by atoms with van der Waals surface area (Å²) in [6, 6.07) is 6.83. The lowest BCUT2D eigenvalue weighted by atomic mass is 9.89. The standard InChI is InChI=1S/C21H28F2N2O2/c22-20(23)6-10-25(11-7-20)18-4-5-19-16(14-18)15-26-21(27-19)8-12-24(13-9-21)17-2-1-3-17/h4-5,14,17H,1-3,6-13,15H2. The number of hydrogen-bond acceptors (Lipinski definition) is 4. The van der Waals surface area contributed by atoms with E-state index in [0.717, 1.165) is 49.0 Å². The number of anilines is 1. The smallest absolute Gasteiger partial charge is 0.251 e. The Hall–Kier alpha value is -1.40.